The van der Waals surface area contributed by atoms with Crippen LogP contribution in [0.3, 0.4) is 0 Å². The molecule has 1 amide bonds. The van der Waals surface area contributed by atoms with E-state index in [1.807, 2.05) is 24.3 Å². The number of hydrogen-bond donors (Lipinski definition) is 1. The highest BCUT2D eigenvalue weighted by atomic mass is 32.1. The highest BCUT2D eigenvalue weighted by Gasteiger charge is 2.43. The van der Waals surface area contributed by atoms with Gasteiger partial charge in [0.1, 0.15) is 5.54 Å². The second-order valence-electron chi connectivity index (χ2n) is 6.73. The monoisotopic (exact) mass is 371 g/mol. The van der Waals surface area contributed by atoms with Crippen molar-refractivity contribution in [2.75, 3.05) is 6.61 Å². The summed E-state index contributed by atoms with van der Waals surface area (Å²) >= 11 is 1.63. The van der Waals surface area contributed by atoms with Crippen LogP contribution < -0.4 is 5.32 Å². The lowest BCUT2D eigenvalue weighted by atomic mass is 9.98. The summed E-state index contributed by atoms with van der Waals surface area (Å²) in [5, 5.41) is 12.9. The van der Waals surface area contributed by atoms with Crippen molar-refractivity contribution in [3.63, 3.8) is 0 Å². The minimum absolute atomic E-state index is 0.195. The fraction of sp³-hybridized carbons (Fsp3) is 0.474. The van der Waals surface area contributed by atoms with Gasteiger partial charge in [0.05, 0.1) is 21.3 Å². The maximum Gasteiger partial charge on any atom is 0.306 e. The zero-order valence-electron chi connectivity index (χ0n) is 14.7. The molecule has 26 heavy (non-hydrogen) atoms. The minimum atomic E-state index is -0.865. The van der Waals surface area contributed by atoms with Crippen molar-refractivity contribution in [1.82, 2.24) is 10.3 Å². The largest absolute Gasteiger partial charge is 0.456 e. The summed E-state index contributed by atoms with van der Waals surface area (Å²) in [5.74, 6) is -0.646. The number of nitrogens with zero attached hydrogens (tertiary/aromatic N) is 2. The van der Waals surface area contributed by atoms with E-state index in [1.54, 1.807) is 18.3 Å². The van der Waals surface area contributed by atoms with Crippen LogP contribution in [0.15, 0.2) is 24.3 Å². The fourth-order valence-electron chi connectivity index (χ4n) is 2.84. The molecule has 1 heterocycles. The molecule has 1 aromatic carbocycles. The maximum absolute atomic E-state index is 11.9. The molecule has 1 atom stereocenters. The van der Waals surface area contributed by atoms with E-state index in [1.165, 1.54) is 0 Å². The van der Waals surface area contributed by atoms with Crippen LogP contribution in [0.4, 0.5) is 0 Å². The van der Waals surface area contributed by atoms with E-state index in [2.05, 4.69) is 16.4 Å². The third kappa shape index (κ3) is 4.58. The van der Waals surface area contributed by atoms with Crippen LogP contribution in [0, 0.1) is 17.2 Å². The molecule has 0 spiro atoms. The van der Waals surface area contributed by atoms with Gasteiger partial charge >= 0.3 is 5.97 Å². The molecule has 1 fully saturated rings. The molecule has 0 radical (unpaired) electrons. The predicted octanol–water partition coefficient (Wildman–Crippen LogP) is 2.97. The molecule has 1 N–H and O–H groups in total. The van der Waals surface area contributed by atoms with Crippen molar-refractivity contribution >= 4 is 33.4 Å². The van der Waals surface area contributed by atoms with Gasteiger partial charge in [-0.2, -0.15) is 5.26 Å². The van der Waals surface area contributed by atoms with Crippen LogP contribution in [-0.4, -0.2) is 29.0 Å². The van der Waals surface area contributed by atoms with Gasteiger partial charge in [-0.05, 0) is 50.7 Å². The first-order valence-electron chi connectivity index (χ1n) is 8.72. The fourth-order valence-corrected chi connectivity index (χ4v) is 3.85. The summed E-state index contributed by atoms with van der Waals surface area (Å²) in [6.07, 6.45) is 3.44. The Balaban J connectivity index is 1.37. The number of benzene rings is 1. The van der Waals surface area contributed by atoms with E-state index in [0.29, 0.717) is 12.8 Å². The van der Waals surface area contributed by atoms with Gasteiger partial charge in [-0.15, -0.1) is 11.3 Å². The molecule has 2 aromatic rings. The molecule has 1 aromatic heterocycles. The minimum Gasteiger partial charge on any atom is -0.456 e. The average molecular weight is 371 g/mol. The van der Waals surface area contributed by atoms with Gasteiger partial charge in [-0.1, -0.05) is 12.1 Å². The Labute approximate surface area is 156 Å². The average Bonchev–Trinajstić information content (AvgIpc) is 3.40. The zero-order chi connectivity index (χ0) is 18.6. The molecule has 0 saturated heterocycles. The smallest absolute Gasteiger partial charge is 0.306 e. The van der Waals surface area contributed by atoms with E-state index in [0.717, 1.165) is 28.1 Å². The number of ether oxygens (including phenoxy) is 1. The van der Waals surface area contributed by atoms with Gasteiger partial charge in [0.25, 0.3) is 5.91 Å². The summed E-state index contributed by atoms with van der Waals surface area (Å²) in [5.41, 5.74) is 0.110. The number of rotatable bonds is 8. The Morgan fingerprint density at radius 1 is 1.42 bits per heavy atom. The quantitative estimate of drug-likeness (QED) is 0.720. The van der Waals surface area contributed by atoms with Crippen LogP contribution in [-0.2, 0) is 20.7 Å². The van der Waals surface area contributed by atoms with Gasteiger partial charge in [0.15, 0.2) is 6.61 Å². The Bertz CT molecular complexity index is 820. The Morgan fingerprint density at radius 3 is 2.88 bits per heavy atom. The molecule has 7 heteroatoms. The first-order valence-corrected chi connectivity index (χ1v) is 9.54. The Hall–Kier alpha value is -2.46. The van der Waals surface area contributed by atoms with Crippen LogP contribution in [0.5, 0.6) is 0 Å². The Kier molecular flexibility index (Phi) is 5.52. The summed E-state index contributed by atoms with van der Waals surface area (Å²) in [6, 6.07) is 10.1. The summed E-state index contributed by atoms with van der Waals surface area (Å²) < 4.78 is 6.15. The summed E-state index contributed by atoms with van der Waals surface area (Å²) in [7, 11) is 0. The topological polar surface area (TPSA) is 92.1 Å². The second kappa shape index (κ2) is 7.83. The maximum atomic E-state index is 11.9. The Morgan fingerprint density at radius 2 is 2.19 bits per heavy atom. The lowest BCUT2D eigenvalue weighted by Gasteiger charge is -2.22. The number of amides is 1. The number of hydrogen-bond acceptors (Lipinski definition) is 6. The number of para-hydroxylation sites is 1. The van der Waals surface area contributed by atoms with Crippen molar-refractivity contribution < 1.29 is 14.3 Å². The number of thiazole rings is 1. The van der Waals surface area contributed by atoms with Gasteiger partial charge < -0.3 is 10.1 Å². The van der Waals surface area contributed by atoms with Crippen molar-refractivity contribution in [3.05, 3.63) is 29.3 Å². The lowest BCUT2D eigenvalue weighted by molar-refractivity contribution is -0.149. The van der Waals surface area contributed by atoms with Crippen molar-refractivity contribution in [2.24, 2.45) is 5.92 Å². The molecule has 0 bridgehead atoms. The highest BCUT2D eigenvalue weighted by Crippen LogP contribution is 2.39. The van der Waals surface area contributed by atoms with E-state index in [4.69, 9.17) is 4.74 Å². The SMILES string of the molecule is C[C@](C#N)(NC(=O)COC(=O)CCCc1nc2ccccc2s1)C1CC1. The summed E-state index contributed by atoms with van der Waals surface area (Å²) in [4.78, 5) is 28.2. The van der Waals surface area contributed by atoms with Crippen molar-refractivity contribution in [3.8, 4) is 6.07 Å². The third-order valence-corrected chi connectivity index (χ3v) is 5.60. The first kappa shape index (κ1) is 18.3. The van der Waals surface area contributed by atoms with Crippen molar-refractivity contribution in [2.45, 2.75) is 44.6 Å². The van der Waals surface area contributed by atoms with Crippen LogP contribution in [0.25, 0.3) is 10.2 Å². The second-order valence-corrected chi connectivity index (χ2v) is 7.84. The molecule has 6 nitrogen and oxygen atoms in total. The molecule has 3 rings (SSSR count). The summed E-state index contributed by atoms with van der Waals surface area (Å²) in [6.45, 7) is 1.37. The highest BCUT2D eigenvalue weighted by molar-refractivity contribution is 7.18. The van der Waals surface area contributed by atoms with Gasteiger partial charge in [-0.3, -0.25) is 9.59 Å². The molecular formula is C19H21N3O3S. The third-order valence-electron chi connectivity index (χ3n) is 4.50. The molecule has 1 saturated carbocycles. The standard InChI is InChI=1S/C19H21N3O3S/c1-19(12-20,13-9-10-13)22-16(23)11-25-18(24)8-4-7-17-21-14-5-2-3-6-15(14)26-17/h2-3,5-6,13H,4,7-11H2,1H3,(H,22,23)/t19-/m1/s1. The van der Waals surface area contributed by atoms with Crippen LogP contribution in [0.1, 0.15) is 37.6 Å². The molecule has 1 aliphatic carbocycles. The molecule has 1 aliphatic rings. The van der Waals surface area contributed by atoms with Crippen LogP contribution in [0.2, 0.25) is 0 Å². The first-order chi connectivity index (χ1) is 12.5. The lowest BCUT2D eigenvalue weighted by Crippen LogP contribution is -2.48. The zero-order valence-corrected chi connectivity index (χ0v) is 15.5. The molecular weight excluding hydrogens is 350 g/mol. The van der Waals surface area contributed by atoms with Gasteiger partial charge in [0.2, 0.25) is 0 Å². The van der Waals surface area contributed by atoms with Gasteiger partial charge in [-0.25, -0.2) is 4.98 Å². The number of carbonyl (C=O) groups is 2. The van der Waals surface area contributed by atoms with E-state index in [-0.39, 0.29) is 18.9 Å². The number of aromatic nitrogens is 1. The molecule has 0 aliphatic heterocycles. The van der Waals surface area contributed by atoms with Crippen LogP contribution >= 0.6 is 11.3 Å². The van der Waals surface area contributed by atoms with E-state index in [9.17, 15) is 14.9 Å². The van der Waals surface area contributed by atoms with Gasteiger partial charge in [0, 0.05) is 6.42 Å². The predicted molar refractivity (Wildman–Crippen MR) is 98.4 cm³/mol. The van der Waals surface area contributed by atoms with Crippen molar-refractivity contribution in [1.29, 1.82) is 5.26 Å². The molecule has 136 valence electrons. The van der Waals surface area contributed by atoms with E-state index >= 15 is 0 Å². The number of esters is 1. The number of nitriles is 1. The number of nitrogens with one attached hydrogen (secondary N) is 1. The number of carbonyl (C=O) groups excluding carboxylic acids is 2. The molecule has 0 unspecified atom stereocenters. The number of aryl methyl sites for hydroxylation is 1. The van der Waals surface area contributed by atoms with E-state index < -0.39 is 17.4 Å². The normalized spacial score (nSPS) is 15.8. The number of fused-ring (bicyclic) bond motifs is 1.